The van der Waals surface area contributed by atoms with Gasteiger partial charge in [0.1, 0.15) is 0 Å². The second-order valence-corrected chi connectivity index (χ2v) is 4.33. The van der Waals surface area contributed by atoms with Gasteiger partial charge in [-0.1, -0.05) is 44.0 Å². The Morgan fingerprint density at radius 2 is 1.52 bits per heavy atom. The van der Waals surface area contributed by atoms with E-state index in [-0.39, 0.29) is 0 Å². The van der Waals surface area contributed by atoms with Crippen LogP contribution in [-0.2, 0) is 0 Å². The summed E-state index contributed by atoms with van der Waals surface area (Å²) in [6, 6.07) is 7.27. The molecule has 1 aromatic rings. The van der Waals surface area contributed by atoms with Crippen molar-refractivity contribution in [2.24, 2.45) is 20.5 Å². The molecule has 0 spiro atoms. The molecule has 0 amide bonds. The van der Waals surface area contributed by atoms with E-state index in [0.29, 0.717) is 11.4 Å². The largest absolute Gasteiger partial charge is 0.151 e. The molecular weight excluding hydrogens is 284 g/mol. The second kappa shape index (κ2) is 10.6. The summed E-state index contributed by atoms with van der Waals surface area (Å²) in [6.07, 6.45) is 12.3. The van der Waals surface area contributed by atoms with E-state index in [1.54, 1.807) is 30.4 Å². The Morgan fingerprint density at radius 3 is 2.04 bits per heavy atom. The molecule has 0 saturated carbocycles. The lowest BCUT2D eigenvalue weighted by Crippen LogP contribution is -1.70. The third-order valence-corrected chi connectivity index (χ3v) is 2.48. The van der Waals surface area contributed by atoms with Crippen molar-refractivity contribution in [2.45, 2.75) is 6.92 Å². The van der Waals surface area contributed by atoms with Gasteiger partial charge in [0.25, 0.3) is 0 Å². The van der Waals surface area contributed by atoms with Gasteiger partial charge in [0.2, 0.25) is 0 Å². The maximum absolute atomic E-state index is 4.17. The maximum Gasteiger partial charge on any atom is 0.0858 e. The van der Waals surface area contributed by atoms with Crippen molar-refractivity contribution in [2.75, 3.05) is 0 Å². The lowest BCUT2D eigenvalue weighted by molar-refractivity contribution is 1.16. The van der Waals surface area contributed by atoms with Crippen LogP contribution in [0.5, 0.6) is 0 Å². The molecule has 0 heterocycles. The highest BCUT2D eigenvalue weighted by Crippen LogP contribution is 2.20. The first-order valence-electron chi connectivity index (χ1n) is 7.06. The van der Waals surface area contributed by atoms with Crippen LogP contribution in [0.4, 0.5) is 11.4 Å². The van der Waals surface area contributed by atoms with E-state index in [1.165, 1.54) is 0 Å². The van der Waals surface area contributed by atoms with Gasteiger partial charge in [-0.3, -0.25) is 0 Å². The van der Waals surface area contributed by atoms with E-state index in [4.69, 9.17) is 0 Å². The highest BCUT2D eigenvalue weighted by atomic mass is 15.1. The lowest BCUT2D eigenvalue weighted by atomic mass is 10.3. The molecule has 0 atom stereocenters. The zero-order valence-electron chi connectivity index (χ0n) is 13.3. The van der Waals surface area contributed by atoms with Crippen molar-refractivity contribution in [1.29, 1.82) is 0 Å². The zero-order valence-corrected chi connectivity index (χ0v) is 13.3. The fraction of sp³-hybridized carbons (Fsp3) is 0.0526. The molecule has 0 aliphatic heterocycles. The summed E-state index contributed by atoms with van der Waals surface area (Å²) in [4.78, 5) is 0. The van der Waals surface area contributed by atoms with Crippen LogP contribution in [0.25, 0.3) is 0 Å². The normalized spacial score (nSPS) is 12.7. The van der Waals surface area contributed by atoms with Gasteiger partial charge in [-0.2, -0.15) is 20.5 Å². The predicted molar refractivity (Wildman–Crippen MR) is 97.0 cm³/mol. The standard InChI is InChI=1S/C19H20N4/c1-5-8-11-16(4)20-21-18-12-14-19(15-13-18)23-22-17(9-6-2)10-7-3/h5-15H,1-2,4H2,3H3/b10-7-,11-8-,17-9+,21-20?,23-22?. The second-order valence-electron chi connectivity index (χ2n) is 4.33. The van der Waals surface area contributed by atoms with Crippen molar-refractivity contribution in [3.05, 3.63) is 97.9 Å². The molecule has 0 aliphatic rings. The van der Waals surface area contributed by atoms with Gasteiger partial charge in [-0.15, -0.1) is 0 Å². The van der Waals surface area contributed by atoms with Crippen LogP contribution in [0.1, 0.15) is 6.92 Å². The van der Waals surface area contributed by atoms with Crippen LogP contribution in [-0.4, -0.2) is 0 Å². The average Bonchev–Trinajstić information content (AvgIpc) is 2.57. The molecule has 1 aromatic carbocycles. The number of azo groups is 2. The van der Waals surface area contributed by atoms with Crippen molar-refractivity contribution in [3.63, 3.8) is 0 Å². The van der Waals surface area contributed by atoms with Gasteiger partial charge in [0, 0.05) is 0 Å². The van der Waals surface area contributed by atoms with Crippen molar-refractivity contribution in [3.8, 4) is 0 Å². The Labute approximate surface area is 137 Å². The molecule has 23 heavy (non-hydrogen) atoms. The van der Waals surface area contributed by atoms with Crippen molar-refractivity contribution >= 4 is 11.4 Å². The molecular formula is C19H20N4. The number of nitrogens with zero attached hydrogens (tertiary/aromatic N) is 4. The Morgan fingerprint density at radius 1 is 0.913 bits per heavy atom. The fourth-order valence-electron chi connectivity index (χ4n) is 1.45. The summed E-state index contributed by atoms with van der Waals surface area (Å²) in [5, 5.41) is 16.4. The van der Waals surface area contributed by atoms with Crippen LogP contribution in [0.3, 0.4) is 0 Å². The first kappa shape index (κ1) is 17.9. The van der Waals surface area contributed by atoms with Crippen LogP contribution in [0.2, 0.25) is 0 Å². The maximum atomic E-state index is 4.17. The molecule has 0 saturated heterocycles. The molecule has 0 N–H and O–H groups in total. The molecule has 4 heteroatoms. The van der Waals surface area contributed by atoms with Gasteiger partial charge in [-0.25, -0.2) is 0 Å². The summed E-state index contributed by atoms with van der Waals surface area (Å²) in [7, 11) is 0. The van der Waals surface area contributed by atoms with Crippen LogP contribution in [0, 0.1) is 0 Å². The summed E-state index contributed by atoms with van der Waals surface area (Å²) in [5.74, 6) is 0. The van der Waals surface area contributed by atoms with Gasteiger partial charge >= 0.3 is 0 Å². The third kappa shape index (κ3) is 7.43. The summed E-state index contributed by atoms with van der Waals surface area (Å²) in [6.45, 7) is 12.9. The van der Waals surface area contributed by atoms with E-state index in [9.17, 15) is 0 Å². The van der Waals surface area contributed by atoms with Gasteiger partial charge < -0.3 is 0 Å². The number of hydrogen-bond donors (Lipinski definition) is 0. The average molecular weight is 304 g/mol. The smallest absolute Gasteiger partial charge is 0.0858 e. The SMILES string of the molecule is C=C/C=C\C(=C)N=Nc1ccc(N=NC(/C=C\C)=C/C=C)cc1. The van der Waals surface area contributed by atoms with Gasteiger partial charge in [-0.05, 0) is 49.4 Å². The molecule has 0 radical (unpaired) electrons. The van der Waals surface area contributed by atoms with E-state index in [2.05, 4.69) is 40.2 Å². The number of allylic oxidation sites excluding steroid dienone is 7. The highest BCUT2D eigenvalue weighted by Gasteiger charge is 1.93. The Balaban J connectivity index is 2.76. The van der Waals surface area contributed by atoms with Crippen molar-refractivity contribution in [1.82, 2.24) is 0 Å². The number of rotatable bonds is 8. The minimum atomic E-state index is 0.555. The predicted octanol–water partition coefficient (Wildman–Crippen LogP) is 6.76. The van der Waals surface area contributed by atoms with E-state index in [1.807, 2.05) is 43.3 Å². The molecule has 116 valence electrons. The minimum Gasteiger partial charge on any atom is -0.151 e. The third-order valence-electron chi connectivity index (χ3n) is 2.48. The van der Waals surface area contributed by atoms with E-state index < -0.39 is 0 Å². The lowest BCUT2D eigenvalue weighted by Gasteiger charge is -1.95. The Bertz CT molecular complexity index is 687. The molecule has 0 unspecified atom stereocenters. The van der Waals surface area contributed by atoms with E-state index >= 15 is 0 Å². The highest BCUT2D eigenvalue weighted by molar-refractivity contribution is 5.47. The quantitative estimate of drug-likeness (QED) is 0.376. The first-order chi connectivity index (χ1) is 11.2. The Kier molecular flexibility index (Phi) is 8.23. The molecule has 0 aromatic heterocycles. The van der Waals surface area contributed by atoms with Gasteiger partial charge in [0.15, 0.2) is 0 Å². The summed E-state index contributed by atoms with van der Waals surface area (Å²) in [5.41, 5.74) is 2.73. The van der Waals surface area contributed by atoms with Crippen LogP contribution < -0.4 is 0 Å². The monoisotopic (exact) mass is 304 g/mol. The molecule has 0 fully saturated rings. The molecule has 0 aliphatic carbocycles. The molecule has 4 nitrogen and oxygen atoms in total. The topological polar surface area (TPSA) is 49.4 Å². The van der Waals surface area contributed by atoms with Crippen LogP contribution >= 0.6 is 0 Å². The number of hydrogen-bond acceptors (Lipinski definition) is 4. The zero-order chi connectivity index (χ0) is 16.9. The minimum absolute atomic E-state index is 0.555. The number of benzene rings is 1. The fourth-order valence-corrected chi connectivity index (χ4v) is 1.45. The van der Waals surface area contributed by atoms with E-state index in [0.717, 1.165) is 11.4 Å². The summed E-state index contributed by atoms with van der Waals surface area (Å²) < 4.78 is 0. The molecule has 1 rings (SSSR count). The molecule has 0 bridgehead atoms. The van der Waals surface area contributed by atoms with Crippen LogP contribution in [0.15, 0.2) is 118 Å². The van der Waals surface area contributed by atoms with Crippen molar-refractivity contribution < 1.29 is 0 Å². The summed E-state index contributed by atoms with van der Waals surface area (Å²) >= 11 is 0. The first-order valence-corrected chi connectivity index (χ1v) is 7.06. The van der Waals surface area contributed by atoms with Gasteiger partial charge in [0.05, 0.1) is 22.8 Å². The Hall–Kier alpha value is -3.14.